The molecule has 2 rings (SSSR count). The largest absolute Gasteiger partial charge is 0.465 e. The van der Waals surface area contributed by atoms with Crippen molar-refractivity contribution in [2.24, 2.45) is 11.8 Å². The molecule has 0 fully saturated rings. The summed E-state index contributed by atoms with van der Waals surface area (Å²) in [6.07, 6.45) is 0.340. The lowest BCUT2D eigenvalue weighted by Crippen LogP contribution is -2.36. The molecule has 0 spiro atoms. The van der Waals surface area contributed by atoms with Crippen LogP contribution in [0, 0.1) is 11.8 Å². The molecule has 0 saturated heterocycles. The van der Waals surface area contributed by atoms with Crippen LogP contribution in [0.5, 0.6) is 0 Å². The van der Waals surface area contributed by atoms with Crippen molar-refractivity contribution < 1.29 is 23.9 Å². The minimum absolute atomic E-state index is 0.00886. The number of hydrogen-bond acceptors (Lipinski definition) is 5. The highest BCUT2D eigenvalue weighted by Gasteiger charge is 2.38. The summed E-state index contributed by atoms with van der Waals surface area (Å²) in [6.45, 7) is 3.61. The molecule has 154 valence electrons. The molecule has 0 aliphatic rings. The van der Waals surface area contributed by atoms with Crippen molar-refractivity contribution in [1.82, 2.24) is 0 Å². The van der Waals surface area contributed by atoms with Crippen LogP contribution in [0.4, 0.5) is 0 Å². The Kier molecular flexibility index (Phi) is 8.87. The van der Waals surface area contributed by atoms with Crippen molar-refractivity contribution >= 4 is 29.3 Å². The van der Waals surface area contributed by atoms with E-state index in [1.54, 1.807) is 50.2 Å². The molecular formula is C23H25ClO5. The normalized spacial score (nSPS) is 11.7. The molecule has 0 radical (unpaired) electrons. The van der Waals surface area contributed by atoms with E-state index >= 15 is 0 Å². The Hall–Kier alpha value is -2.66. The number of carbonyl (C=O) groups excluding carboxylic acids is 3. The molecule has 0 aliphatic carbocycles. The van der Waals surface area contributed by atoms with Gasteiger partial charge >= 0.3 is 11.9 Å². The van der Waals surface area contributed by atoms with Crippen LogP contribution in [0.15, 0.2) is 54.6 Å². The molecule has 0 bridgehead atoms. The summed E-state index contributed by atoms with van der Waals surface area (Å²) < 4.78 is 10.2. The summed E-state index contributed by atoms with van der Waals surface area (Å²) in [6, 6.07) is 15.9. The van der Waals surface area contributed by atoms with Gasteiger partial charge < -0.3 is 9.47 Å². The smallest absolute Gasteiger partial charge is 0.320 e. The molecule has 0 N–H and O–H groups in total. The zero-order valence-electron chi connectivity index (χ0n) is 16.6. The van der Waals surface area contributed by atoms with Gasteiger partial charge in [-0.25, -0.2) is 0 Å². The lowest BCUT2D eigenvalue weighted by Gasteiger charge is -2.24. The van der Waals surface area contributed by atoms with Crippen LogP contribution in [0.2, 0.25) is 5.02 Å². The Bertz CT molecular complexity index is 799. The lowest BCUT2D eigenvalue weighted by molar-refractivity contribution is -0.164. The van der Waals surface area contributed by atoms with Crippen LogP contribution < -0.4 is 0 Å². The Morgan fingerprint density at radius 3 is 1.93 bits per heavy atom. The van der Waals surface area contributed by atoms with Gasteiger partial charge in [0, 0.05) is 17.0 Å². The van der Waals surface area contributed by atoms with Gasteiger partial charge in [0.05, 0.1) is 13.2 Å². The number of ketones is 1. The topological polar surface area (TPSA) is 69.7 Å². The maximum Gasteiger partial charge on any atom is 0.320 e. The highest BCUT2D eigenvalue weighted by molar-refractivity contribution is 6.30. The molecule has 0 heterocycles. The van der Waals surface area contributed by atoms with E-state index in [2.05, 4.69) is 0 Å². The van der Waals surface area contributed by atoms with Crippen molar-refractivity contribution in [3.8, 4) is 0 Å². The minimum Gasteiger partial charge on any atom is -0.465 e. The maximum absolute atomic E-state index is 12.8. The lowest BCUT2D eigenvalue weighted by atomic mass is 9.82. The average Bonchev–Trinajstić information content (AvgIpc) is 2.71. The highest BCUT2D eigenvalue weighted by Crippen LogP contribution is 2.27. The minimum atomic E-state index is -1.18. The molecule has 29 heavy (non-hydrogen) atoms. The number of Topliss-reactive ketones (excluding diaryl/α,β-unsaturated/α-hetero) is 1. The maximum atomic E-state index is 12.8. The summed E-state index contributed by atoms with van der Waals surface area (Å²) in [7, 11) is 0. The molecule has 6 heteroatoms. The van der Waals surface area contributed by atoms with Gasteiger partial charge in [-0.3, -0.25) is 14.4 Å². The van der Waals surface area contributed by atoms with Crippen molar-refractivity contribution in [3.05, 3.63) is 70.7 Å². The van der Waals surface area contributed by atoms with Gasteiger partial charge in [-0.1, -0.05) is 54.1 Å². The second-order valence-electron chi connectivity index (χ2n) is 6.57. The Balaban J connectivity index is 2.35. The number of hydrogen-bond donors (Lipinski definition) is 0. The average molecular weight is 417 g/mol. The molecule has 0 amide bonds. The van der Waals surface area contributed by atoms with E-state index < -0.39 is 23.8 Å². The van der Waals surface area contributed by atoms with E-state index in [0.717, 1.165) is 5.56 Å². The standard InChI is InChI=1S/C23H25ClO5/c1-3-28-22(26)21(23(27)29-4-2)18(14-16-10-12-19(24)13-11-16)15-20(25)17-8-6-5-7-9-17/h5-13,18,21H,3-4,14-15H2,1-2H3/t18-/m1/s1. The number of rotatable bonds is 10. The number of carbonyl (C=O) groups is 3. The van der Waals surface area contributed by atoms with Crippen LogP contribution in [-0.4, -0.2) is 30.9 Å². The quantitative estimate of drug-likeness (QED) is 0.323. The van der Waals surface area contributed by atoms with Crippen LogP contribution in [0.25, 0.3) is 0 Å². The molecule has 0 aromatic heterocycles. The molecule has 2 aromatic carbocycles. The third-order valence-corrected chi connectivity index (χ3v) is 4.76. The molecule has 0 unspecified atom stereocenters. The summed E-state index contributed by atoms with van der Waals surface area (Å²) in [4.78, 5) is 38.1. The molecule has 1 atom stereocenters. The molecule has 2 aromatic rings. The van der Waals surface area contributed by atoms with Crippen LogP contribution in [0.1, 0.15) is 36.2 Å². The van der Waals surface area contributed by atoms with Crippen LogP contribution >= 0.6 is 11.6 Å². The van der Waals surface area contributed by atoms with Crippen LogP contribution in [0.3, 0.4) is 0 Å². The fraction of sp³-hybridized carbons (Fsp3) is 0.348. The zero-order chi connectivity index (χ0) is 21.2. The Labute approximate surface area is 176 Å². The van der Waals surface area contributed by atoms with E-state index in [-0.39, 0.29) is 25.4 Å². The monoisotopic (exact) mass is 416 g/mol. The van der Waals surface area contributed by atoms with Gasteiger partial charge in [0.15, 0.2) is 11.7 Å². The third kappa shape index (κ3) is 6.71. The van der Waals surface area contributed by atoms with Crippen molar-refractivity contribution in [1.29, 1.82) is 0 Å². The van der Waals surface area contributed by atoms with E-state index in [1.807, 2.05) is 18.2 Å². The van der Waals surface area contributed by atoms with E-state index in [9.17, 15) is 14.4 Å². The third-order valence-electron chi connectivity index (χ3n) is 4.51. The fourth-order valence-electron chi connectivity index (χ4n) is 3.16. The van der Waals surface area contributed by atoms with Gasteiger partial charge in [0.1, 0.15) is 0 Å². The fourth-order valence-corrected chi connectivity index (χ4v) is 3.28. The van der Waals surface area contributed by atoms with Gasteiger partial charge in [0.2, 0.25) is 0 Å². The molecule has 5 nitrogen and oxygen atoms in total. The summed E-state index contributed by atoms with van der Waals surface area (Å²) in [5.74, 6) is -3.29. The van der Waals surface area contributed by atoms with Gasteiger partial charge in [-0.05, 0) is 43.9 Å². The second kappa shape index (κ2) is 11.4. The Morgan fingerprint density at radius 1 is 0.862 bits per heavy atom. The zero-order valence-corrected chi connectivity index (χ0v) is 17.4. The Morgan fingerprint density at radius 2 is 1.41 bits per heavy atom. The summed E-state index contributed by atoms with van der Waals surface area (Å²) in [5.41, 5.74) is 1.39. The molecular weight excluding hydrogens is 392 g/mol. The van der Waals surface area contributed by atoms with Crippen molar-refractivity contribution in [3.63, 3.8) is 0 Å². The van der Waals surface area contributed by atoms with Crippen LogP contribution in [-0.2, 0) is 25.5 Å². The number of esters is 2. The molecule has 0 saturated carbocycles. The summed E-state index contributed by atoms with van der Waals surface area (Å²) in [5, 5.41) is 0.581. The van der Waals surface area contributed by atoms with Gasteiger partial charge in [0.25, 0.3) is 0 Å². The molecule has 0 aliphatic heterocycles. The first-order valence-corrected chi connectivity index (χ1v) is 10.00. The summed E-state index contributed by atoms with van der Waals surface area (Å²) >= 11 is 5.96. The first kappa shape index (κ1) is 22.6. The first-order valence-electron chi connectivity index (χ1n) is 9.62. The first-order chi connectivity index (χ1) is 14.0. The van der Waals surface area contributed by atoms with Gasteiger partial charge in [-0.2, -0.15) is 0 Å². The SMILES string of the molecule is CCOC(=O)C(C(=O)OCC)[C@@H](CC(=O)c1ccccc1)Cc1ccc(Cl)cc1. The predicted octanol–water partition coefficient (Wildman–Crippen LogP) is 4.51. The van der Waals surface area contributed by atoms with E-state index in [1.165, 1.54) is 0 Å². The van der Waals surface area contributed by atoms with Gasteiger partial charge in [-0.15, -0.1) is 0 Å². The highest BCUT2D eigenvalue weighted by atomic mass is 35.5. The number of halogens is 1. The van der Waals surface area contributed by atoms with Crippen molar-refractivity contribution in [2.75, 3.05) is 13.2 Å². The van der Waals surface area contributed by atoms with E-state index in [0.29, 0.717) is 17.0 Å². The number of ether oxygens (including phenoxy) is 2. The van der Waals surface area contributed by atoms with Crippen molar-refractivity contribution in [2.45, 2.75) is 26.7 Å². The van der Waals surface area contributed by atoms with E-state index in [4.69, 9.17) is 21.1 Å². The number of benzene rings is 2. The predicted molar refractivity (Wildman–Crippen MR) is 111 cm³/mol. The second-order valence-corrected chi connectivity index (χ2v) is 7.00.